The number of amides is 1. The average molecular weight is 466 g/mol. The molecule has 2 aromatic carbocycles. The van der Waals surface area contributed by atoms with Gasteiger partial charge in [-0.05, 0) is 74.4 Å². The summed E-state index contributed by atoms with van der Waals surface area (Å²) >= 11 is 0. The van der Waals surface area contributed by atoms with E-state index in [-0.39, 0.29) is 24.2 Å². The van der Waals surface area contributed by atoms with Gasteiger partial charge < -0.3 is 15.4 Å². The summed E-state index contributed by atoms with van der Waals surface area (Å²) in [6, 6.07) is 14.1. The van der Waals surface area contributed by atoms with E-state index in [0.717, 1.165) is 72.2 Å². The molecular formula is C27H32ClN3O2. The maximum absolute atomic E-state index is 12.8. The fraction of sp³-hybridized carbons (Fsp3) is 0.407. The molecule has 1 fully saturated rings. The molecule has 1 aromatic heterocycles. The molecule has 0 radical (unpaired) electrons. The average Bonchev–Trinajstić information content (AvgIpc) is 2.85. The van der Waals surface area contributed by atoms with E-state index in [1.54, 1.807) is 7.11 Å². The number of carbonyl (C=O) groups is 1. The number of ether oxygens (including phenoxy) is 1. The van der Waals surface area contributed by atoms with Gasteiger partial charge in [0.1, 0.15) is 5.75 Å². The van der Waals surface area contributed by atoms with E-state index in [9.17, 15) is 4.79 Å². The number of aryl methyl sites for hydroxylation is 1. The Morgan fingerprint density at radius 2 is 1.79 bits per heavy atom. The van der Waals surface area contributed by atoms with Gasteiger partial charge in [-0.1, -0.05) is 31.4 Å². The quantitative estimate of drug-likeness (QED) is 0.434. The molecule has 6 heteroatoms. The summed E-state index contributed by atoms with van der Waals surface area (Å²) in [6.45, 7) is 0. The molecule has 0 atom stereocenters. The highest BCUT2D eigenvalue weighted by Crippen LogP contribution is 2.38. The van der Waals surface area contributed by atoms with Crippen molar-refractivity contribution in [3.05, 3.63) is 53.7 Å². The van der Waals surface area contributed by atoms with Crippen LogP contribution in [0.1, 0.15) is 56.2 Å². The largest absolute Gasteiger partial charge is 0.495 e. The minimum absolute atomic E-state index is 0. The van der Waals surface area contributed by atoms with Crippen molar-refractivity contribution in [1.82, 2.24) is 4.98 Å². The lowest BCUT2D eigenvalue weighted by molar-refractivity contribution is -0.120. The summed E-state index contributed by atoms with van der Waals surface area (Å²) in [5.74, 6) is 1.09. The normalized spacial score (nSPS) is 15.9. The van der Waals surface area contributed by atoms with Gasteiger partial charge in [0.05, 0.1) is 24.0 Å². The number of nitrogens with one attached hydrogen (secondary N) is 2. The Labute approximate surface area is 201 Å². The molecule has 1 saturated carbocycles. The van der Waals surface area contributed by atoms with Gasteiger partial charge in [0.25, 0.3) is 0 Å². The maximum atomic E-state index is 12.8. The predicted octanol–water partition coefficient (Wildman–Crippen LogP) is 6.81. The summed E-state index contributed by atoms with van der Waals surface area (Å²) in [6.07, 6.45) is 9.89. The third-order valence-corrected chi connectivity index (χ3v) is 6.87. The smallest absolute Gasteiger partial charge is 0.227 e. The van der Waals surface area contributed by atoms with E-state index in [4.69, 9.17) is 9.72 Å². The fourth-order valence-electron chi connectivity index (χ4n) is 5.14. The van der Waals surface area contributed by atoms with Crippen LogP contribution in [0.15, 0.2) is 42.5 Å². The number of rotatable bonds is 5. The standard InChI is InChI=1S/C27H31N3O2.ClH/c1-32-25-14-8-7-13-24(25)30-26-20-11-5-6-12-22(20)29-23-16-15-19(17-21(23)26)28-27(31)18-9-3-2-4-10-18;/h7-8,13-18H,2-6,9-12H2,1H3,(H,28,31)(H,29,30);1H. The Morgan fingerprint density at radius 1 is 1.00 bits per heavy atom. The first kappa shape index (κ1) is 23.4. The van der Waals surface area contributed by atoms with Gasteiger partial charge in [0.15, 0.2) is 0 Å². The Morgan fingerprint density at radius 3 is 2.61 bits per heavy atom. The Hall–Kier alpha value is -2.79. The van der Waals surface area contributed by atoms with Crippen molar-refractivity contribution in [2.24, 2.45) is 5.92 Å². The summed E-state index contributed by atoms with van der Waals surface area (Å²) in [5, 5.41) is 7.88. The minimum Gasteiger partial charge on any atom is -0.495 e. The molecule has 2 aliphatic carbocycles. The minimum atomic E-state index is 0. The SMILES string of the molecule is COc1ccccc1Nc1c2c(nc3ccc(NC(=O)C4CCCCC4)cc13)CCCC2.Cl. The molecule has 1 heterocycles. The number of methoxy groups -OCH3 is 1. The second kappa shape index (κ2) is 10.4. The van der Waals surface area contributed by atoms with Gasteiger partial charge in [-0.15, -0.1) is 12.4 Å². The van der Waals surface area contributed by atoms with Crippen LogP contribution >= 0.6 is 12.4 Å². The zero-order valence-electron chi connectivity index (χ0n) is 19.2. The topological polar surface area (TPSA) is 63.2 Å². The van der Waals surface area contributed by atoms with Gasteiger partial charge in [-0.2, -0.15) is 0 Å². The molecule has 5 rings (SSSR count). The molecule has 0 bridgehead atoms. The van der Waals surface area contributed by atoms with E-state index in [0.29, 0.717) is 0 Å². The summed E-state index contributed by atoms with van der Waals surface area (Å²) < 4.78 is 5.58. The molecular weight excluding hydrogens is 434 g/mol. The van der Waals surface area contributed by atoms with Gasteiger partial charge in [0, 0.05) is 22.7 Å². The van der Waals surface area contributed by atoms with Crippen molar-refractivity contribution in [2.75, 3.05) is 17.7 Å². The van der Waals surface area contributed by atoms with Gasteiger partial charge in [-0.25, -0.2) is 0 Å². The number of carbonyl (C=O) groups excluding carboxylic acids is 1. The van der Waals surface area contributed by atoms with Crippen molar-refractivity contribution in [1.29, 1.82) is 0 Å². The molecule has 0 saturated heterocycles. The summed E-state index contributed by atoms with van der Waals surface area (Å²) in [7, 11) is 1.69. The van der Waals surface area contributed by atoms with Crippen molar-refractivity contribution in [3.63, 3.8) is 0 Å². The van der Waals surface area contributed by atoms with E-state index in [1.807, 2.05) is 36.4 Å². The number of anilines is 3. The predicted molar refractivity (Wildman–Crippen MR) is 137 cm³/mol. The van der Waals surface area contributed by atoms with Crippen molar-refractivity contribution in [3.8, 4) is 5.75 Å². The highest BCUT2D eigenvalue weighted by atomic mass is 35.5. The molecule has 33 heavy (non-hydrogen) atoms. The van der Waals surface area contributed by atoms with E-state index < -0.39 is 0 Å². The fourth-order valence-corrected chi connectivity index (χ4v) is 5.14. The van der Waals surface area contributed by atoms with Crippen LogP contribution in [0.2, 0.25) is 0 Å². The van der Waals surface area contributed by atoms with Crippen LogP contribution < -0.4 is 15.4 Å². The lowest BCUT2D eigenvalue weighted by atomic mass is 9.88. The number of hydrogen-bond donors (Lipinski definition) is 2. The lowest BCUT2D eigenvalue weighted by Crippen LogP contribution is -2.24. The second-order valence-electron chi connectivity index (χ2n) is 9.00. The van der Waals surface area contributed by atoms with Crippen LogP contribution in [0.3, 0.4) is 0 Å². The van der Waals surface area contributed by atoms with Gasteiger partial charge in [-0.3, -0.25) is 9.78 Å². The summed E-state index contributed by atoms with van der Waals surface area (Å²) in [5.41, 5.74) is 6.29. The first-order valence-electron chi connectivity index (χ1n) is 11.9. The second-order valence-corrected chi connectivity index (χ2v) is 9.00. The highest BCUT2D eigenvalue weighted by molar-refractivity contribution is 6.00. The van der Waals surface area contributed by atoms with Crippen molar-refractivity contribution < 1.29 is 9.53 Å². The first-order valence-corrected chi connectivity index (χ1v) is 11.9. The molecule has 0 aliphatic heterocycles. The highest BCUT2D eigenvalue weighted by Gasteiger charge is 2.22. The maximum Gasteiger partial charge on any atom is 0.227 e. The van der Waals surface area contributed by atoms with E-state index >= 15 is 0 Å². The molecule has 2 N–H and O–H groups in total. The summed E-state index contributed by atoms with van der Waals surface area (Å²) in [4.78, 5) is 17.8. The molecule has 3 aromatic rings. The van der Waals surface area contributed by atoms with Crippen LogP contribution in [-0.4, -0.2) is 18.0 Å². The number of benzene rings is 2. The number of nitrogens with zero attached hydrogens (tertiary/aromatic N) is 1. The Bertz CT molecular complexity index is 1140. The third kappa shape index (κ3) is 4.93. The molecule has 1 amide bonds. The Balaban J connectivity index is 0.00000259. The van der Waals surface area contributed by atoms with Crippen LogP contribution in [0.4, 0.5) is 17.1 Å². The number of hydrogen-bond acceptors (Lipinski definition) is 4. The molecule has 2 aliphatic rings. The van der Waals surface area contributed by atoms with Crippen LogP contribution in [0.5, 0.6) is 5.75 Å². The lowest BCUT2D eigenvalue weighted by Gasteiger charge is -2.23. The van der Waals surface area contributed by atoms with Crippen molar-refractivity contribution in [2.45, 2.75) is 57.8 Å². The first-order chi connectivity index (χ1) is 15.7. The number of pyridine rings is 1. The third-order valence-electron chi connectivity index (χ3n) is 6.87. The Kier molecular flexibility index (Phi) is 7.39. The zero-order chi connectivity index (χ0) is 21.9. The van der Waals surface area contributed by atoms with E-state index in [1.165, 1.54) is 30.5 Å². The number of aromatic nitrogens is 1. The van der Waals surface area contributed by atoms with Gasteiger partial charge in [0.2, 0.25) is 5.91 Å². The monoisotopic (exact) mass is 465 g/mol. The van der Waals surface area contributed by atoms with Crippen LogP contribution in [-0.2, 0) is 17.6 Å². The van der Waals surface area contributed by atoms with Gasteiger partial charge >= 0.3 is 0 Å². The molecule has 5 nitrogen and oxygen atoms in total. The number of para-hydroxylation sites is 2. The number of fused-ring (bicyclic) bond motifs is 2. The molecule has 0 unspecified atom stereocenters. The molecule has 174 valence electrons. The zero-order valence-corrected chi connectivity index (χ0v) is 20.0. The number of halogens is 1. The van der Waals surface area contributed by atoms with Crippen LogP contribution in [0, 0.1) is 5.92 Å². The van der Waals surface area contributed by atoms with E-state index in [2.05, 4.69) is 16.7 Å². The van der Waals surface area contributed by atoms with Crippen LogP contribution in [0.25, 0.3) is 10.9 Å². The molecule has 0 spiro atoms. The van der Waals surface area contributed by atoms with Crippen molar-refractivity contribution >= 4 is 46.3 Å².